The first-order chi connectivity index (χ1) is 8.66. The summed E-state index contributed by atoms with van der Waals surface area (Å²) in [5.74, 6) is -0.341. The van der Waals surface area contributed by atoms with Gasteiger partial charge in [0.2, 0.25) is 0 Å². The minimum absolute atomic E-state index is 0.341. The molecule has 1 aliphatic heterocycles. The zero-order valence-electron chi connectivity index (χ0n) is 10.1. The van der Waals surface area contributed by atoms with Gasteiger partial charge in [0.25, 0.3) is 0 Å². The smallest absolute Gasteiger partial charge is 0.139 e. The molecule has 1 aromatic rings. The van der Waals surface area contributed by atoms with E-state index in [0.29, 0.717) is 10.2 Å². The van der Waals surface area contributed by atoms with Crippen molar-refractivity contribution in [2.45, 2.75) is 0 Å². The minimum atomic E-state index is -0.341. The highest BCUT2D eigenvalue weighted by atomic mass is 79.9. The number of rotatable bonds is 4. The molecule has 1 aromatic carbocycles. The molecule has 100 valence electrons. The number of nitrogens with zero attached hydrogens (tertiary/aromatic N) is 1. The van der Waals surface area contributed by atoms with Crippen LogP contribution in [0.4, 0.5) is 15.8 Å². The predicted molar refractivity (Wildman–Crippen MR) is 74.3 cm³/mol. The van der Waals surface area contributed by atoms with E-state index < -0.39 is 0 Å². The molecule has 0 radical (unpaired) electrons. The van der Waals surface area contributed by atoms with E-state index in [4.69, 9.17) is 10.5 Å². The first-order valence-electron chi connectivity index (χ1n) is 5.95. The summed E-state index contributed by atoms with van der Waals surface area (Å²) in [6.45, 7) is 5.23. The van der Waals surface area contributed by atoms with Gasteiger partial charge in [-0.3, -0.25) is 4.90 Å². The maximum Gasteiger partial charge on any atom is 0.139 e. The first-order valence-corrected chi connectivity index (χ1v) is 6.74. The van der Waals surface area contributed by atoms with Crippen LogP contribution in [0, 0.1) is 5.82 Å². The van der Waals surface area contributed by atoms with Gasteiger partial charge in [0.05, 0.1) is 29.1 Å². The molecular formula is C12H17BrFN3O. The van der Waals surface area contributed by atoms with Crippen LogP contribution in [0.15, 0.2) is 16.6 Å². The van der Waals surface area contributed by atoms with E-state index in [1.54, 1.807) is 6.07 Å². The monoisotopic (exact) mass is 317 g/mol. The number of hydrogen-bond donors (Lipinski definition) is 2. The highest BCUT2D eigenvalue weighted by Gasteiger charge is 2.10. The standard InChI is InChI=1S/C12H17BrFN3O/c13-9-7-12(11(15)8-10(9)14)16-1-2-17-3-5-18-6-4-17/h7-8,16H,1-6,15H2. The molecule has 1 heterocycles. The third kappa shape index (κ3) is 3.57. The van der Waals surface area contributed by atoms with Crippen LogP contribution in [0.2, 0.25) is 0 Å². The second-order valence-electron chi connectivity index (χ2n) is 4.23. The van der Waals surface area contributed by atoms with E-state index in [0.717, 1.165) is 45.1 Å². The Kier molecular flexibility index (Phi) is 4.79. The molecule has 4 nitrogen and oxygen atoms in total. The van der Waals surface area contributed by atoms with Crippen molar-refractivity contribution < 1.29 is 9.13 Å². The molecule has 1 saturated heterocycles. The zero-order chi connectivity index (χ0) is 13.0. The fourth-order valence-electron chi connectivity index (χ4n) is 1.89. The number of nitrogens with two attached hydrogens (primary N) is 1. The number of benzene rings is 1. The lowest BCUT2D eigenvalue weighted by atomic mass is 10.2. The summed E-state index contributed by atoms with van der Waals surface area (Å²) in [6, 6.07) is 2.99. The molecule has 0 atom stereocenters. The van der Waals surface area contributed by atoms with Gasteiger partial charge in [-0.1, -0.05) is 0 Å². The van der Waals surface area contributed by atoms with E-state index in [9.17, 15) is 4.39 Å². The number of morpholine rings is 1. The Balaban J connectivity index is 1.84. The molecule has 2 rings (SSSR count). The maximum absolute atomic E-state index is 13.2. The average Bonchev–Trinajstić information content (AvgIpc) is 2.37. The van der Waals surface area contributed by atoms with Crippen molar-refractivity contribution in [1.29, 1.82) is 0 Å². The predicted octanol–water partition coefficient (Wildman–Crippen LogP) is 1.91. The molecule has 0 aromatic heterocycles. The highest BCUT2D eigenvalue weighted by Crippen LogP contribution is 2.26. The Labute approximate surface area is 114 Å². The van der Waals surface area contributed by atoms with Crippen molar-refractivity contribution in [2.24, 2.45) is 0 Å². The summed E-state index contributed by atoms with van der Waals surface area (Å²) >= 11 is 3.15. The molecule has 6 heteroatoms. The fourth-order valence-corrected chi connectivity index (χ4v) is 2.23. The molecule has 0 aliphatic carbocycles. The van der Waals surface area contributed by atoms with Crippen LogP contribution in [0.5, 0.6) is 0 Å². The lowest BCUT2D eigenvalue weighted by molar-refractivity contribution is 0.0398. The lowest BCUT2D eigenvalue weighted by Crippen LogP contribution is -2.39. The molecular weight excluding hydrogens is 301 g/mol. The second kappa shape index (κ2) is 6.36. The van der Waals surface area contributed by atoms with Gasteiger partial charge in [0.1, 0.15) is 5.82 Å². The van der Waals surface area contributed by atoms with Crippen LogP contribution < -0.4 is 11.1 Å². The Bertz CT molecular complexity index is 411. The van der Waals surface area contributed by atoms with E-state index in [1.165, 1.54) is 6.07 Å². The fraction of sp³-hybridized carbons (Fsp3) is 0.500. The van der Waals surface area contributed by atoms with E-state index in [2.05, 4.69) is 26.1 Å². The number of hydrogen-bond acceptors (Lipinski definition) is 4. The van der Waals surface area contributed by atoms with E-state index >= 15 is 0 Å². The molecule has 0 unspecified atom stereocenters. The van der Waals surface area contributed by atoms with Crippen LogP contribution >= 0.6 is 15.9 Å². The zero-order valence-corrected chi connectivity index (χ0v) is 11.7. The van der Waals surface area contributed by atoms with Crippen molar-refractivity contribution in [1.82, 2.24) is 4.90 Å². The molecule has 18 heavy (non-hydrogen) atoms. The van der Waals surface area contributed by atoms with Crippen molar-refractivity contribution in [2.75, 3.05) is 50.4 Å². The third-order valence-electron chi connectivity index (χ3n) is 2.94. The molecule has 0 bridgehead atoms. The van der Waals surface area contributed by atoms with Crippen molar-refractivity contribution in [3.8, 4) is 0 Å². The van der Waals surface area contributed by atoms with Crippen molar-refractivity contribution in [3.63, 3.8) is 0 Å². The molecule has 0 saturated carbocycles. The molecule has 0 spiro atoms. The Morgan fingerprint density at radius 2 is 2.11 bits per heavy atom. The first kappa shape index (κ1) is 13.6. The van der Waals surface area contributed by atoms with Crippen LogP contribution in [-0.4, -0.2) is 44.3 Å². The summed E-state index contributed by atoms with van der Waals surface area (Å²) in [6.07, 6.45) is 0. The Morgan fingerprint density at radius 3 is 2.83 bits per heavy atom. The lowest BCUT2D eigenvalue weighted by Gasteiger charge is -2.26. The summed E-state index contributed by atoms with van der Waals surface area (Å²) in [5, 5.41) is 3.22. The van der Waals surface area contributed by atoms with Gasteiger partial charge in [-0.25, -0.2) is 4.39 Å². The maximum atomic E-state index is 13.2. The van der Waals surface area contributed by atoms with Crippen LogP contribution in [0.1, 0.15) is 0 Å². The van der Waals surface area contributed by atoms with E-state index in [1.807, 2.05) is 0 Å². The van der Waals surface area contributed by atoms with Gasteiger partial charge in [-0.15, -0.1) is 0 Å². The van der Waals surface area contributed by atoms with Gasteiger partial charge in [-0.05, 0) is 22.0 Å². The molecule has 1 aliphatic rings. The largest absolute Gasteiger partial charge is 0.397 e. The Morgan fingerprint density at radius 1 is 1.39 bits per heavy atom. The van der Waals surface area contributed by atoms with Crippen LogP contribution in [0.25, 0.3) is 0 Å². The normalized spacial score (nSPS) is 16.8. The van der Waals surface area contributed by atoms with Gasteiger partial charge in [0.15, 0.2) is 0 Å². The summed E-state index contributed by atoms with van der Waals surface area (Å²) in [5.41, 5.74) is 6.94. The summed E-state index contributed by atoms with van der Waals surface area (Å²) in [7, 11) is 0. The SMILES string of the molecule is Nc1cc(F)c(Br)cc1NCCN1CCOCC1. The number of nitrogen functional groups attached to an aromatic ring is 1. The van der Waals surface area contributed by atoms with Gasteiger partial charge < -0.3 is 15.8 Å². The van der Waals surface area contributed by atoms with Gasteiger partial charge in [-0.2, -0.15) is 0 Å². The minimum Gasteiger partial charge on any atom is -0.397 e. The van der Waals surface area contributed by atoms with Crippen molar-refractivity contribution in [3.05, 3.63) is 22.4 Å². The van der Waals surface area contributed by atoms with Crippen LogP contribution in [0.3, 0.4) is 0 Å². The number of anilines is 2. The topological polar surface area (TPSA) is 50.5 Å². The summed E-state index contributed by atoms with van der Waals surface area (Å²) < 4.78 is 18.9. The quantitative estimate of drug-likeness (QED) is 0.833. The third-order valence-corrected chi connectivity index (χ3v) is 3.55. The molecule has 0 amide bonds. The van der Waals surface area contributed by atoms with E-state index in [-0.39, 0.29) is 5.82 Å². The van der Waals surface area contributed by atoms with Crippen LogP contribution in [-0.2, 0) is 4.74 Å². The number of nitrogens with one attached hydrogen (secondary N) is 1. The molecule has 1 fully saturated rings. The second-order valence-corrected chi connectivity index (χ2v) is 5.09. The van der Waals surface area contributed by atoms with Gasteiger partial charge >= 0.3 is 0 Å². The van der Waals surface area contributed by atoms with Gasteiger partial charge in [0, 0.05) is 32.2 Å². The number of halogens is 2. The highest BCUT2D eigenvalue weighted by molar-refractivity contribution is 9.10. The Hall–Kier alpha value is -0.850. The molecule has 3 N–H and O–H groups in total. The summed E-state index contributed by atoms with van der Waals surface area (Å²) in [4.78, 5) is 2.32. The van der Waals surface area contributed by atoms with Crippen molar-refractivity contribution >= 4 is 27.3 Å². The average molecular weight is 318 g/mol. The number of ether oxygens (including phenoxy) is 1.